The first kappa shape index (κ1) is 12.6. The third-order valence-corrected chi connectivity index (χ3v) is 4.26. The number of hydrogen-bond acceptors (Lipinski definition) is 3. The van der Waals surface area contributed by atoms with Crippen LogP contribution in [0.5, 0.6) is 0 Å². The summed E-state index contributed by atoms with van der Waals surface area (Å²) in [5.74, 6) is 1.38. The number of allylic oxidation sites excluding steroid dienone is 1. The summed E-state index contributed by atoms with van der Waals surface area (Å²) in [6.07, 6.45) is 5.10. The lowest BCUT2D eigenvalue weighted by Crippen LogP contribution is -2.62. The van der Waals surface area contributed by atoms with E-state index in [1.165, 1.54) is 18.4 Å². The van der Waals surface area contributed by atoms with E-state index in [-0.39, 0.29) is 6.42 Å². The standard InChI is InChI=1S/C14H22N2O/c1-11-4-3-5-12(2)13(11)8-16-9-14(17,10-16)6-7-15/h4,12-13,17H,3,5-6,8-10H2,1-2H3/t12-,13+/m1/s1. The van der Waals surface area contributed by atoms with Crippen molar-refractivity contribution >= 4 is 0 Å². The van der Waals surface area contributed by atoms with Crippen LogP contribution in [0.25, 0.3) is 0 Å². The van der Waals surface area contributed by atoms with E-state index in [0.29, 0.717) is 19.0 Å². The SMILES string of the molecule is CC1=CCC[C@@H](C)[C@H]1CN1CC(O)(CC#N)C1. The lowest BCUT2D eigenvalue weighted by Gasteiger charge is -2.47. The van der Waals surface area contributed by atoms with Gasteiger partial charge >= 0.3 is 0 Å². The van der Waals surface area contributed by atoms with Gasteiger partial charge in [0.1, 0.15) is 5.60 Å². The quantitative estimate of drug-likeness (QED) is 0.759. The van der Waals surface area contributed by atoms with Crippen LogP contribution in [-0.4, -0.2) is 35.2 Å². The van der Waals surface area contributed by atoms with Gasteiger partial charge in [0, 0.05) is 19.6 Å². The second-order valence-corrected chi connectivity index (χ2v) is 5.84. The summed E-state index contributed by atoms with van der Waals surface area (Å²) in [5.41, 5.74) is 0.768. The molecule has 17 heavy (non-hydrogen) atoms. The molecule has 94 valence electrons. The van der Waals surface area contributed by atoms with E-state index in [0.717, 1.165) is 12.5 Å². The summed E-state index contributed by atoms with van der Waals surface area (Å²) in [6.45, 7) is 6.91. The van der Waals surface area contributed by atoms with Gasteiger partial charge in [0.05, 0.1) is 12.5 Å². The Morgan fingerprint density at radius 2 is 2.29 bits per heavy atom. The van der Waals surface area contributed by atoms with Crippen LogP contribution in [0.2, 0.25) is 0 Å². The van der Waals surface area contributed by atoms with Crippen molar-refractivity contribution in [3.63, 3.8) is 0 Å². The Hall–Kier alpha value is -0.850. The predicted molar refractivity (Wildman–Crippen MR) is 67.3 cm³/mol. The van der Waals surface area contributed by atoms with Gasteiger partial charge in [-0.2, -0.15) is 5.26 Å². The molecule has 0 spiro atoms. The molecular weight excluding hydrogens is 212 g/mol. The number of nitrogens with zero attached hydrogens (tertiary/aromatic N) is 2. The summed E-state index contributed by atoms with van der Waals surface area (Å²) >= 11 is 0. The van der Waals surface area contributed by atoms with Crippen molar-refractivity contribution < 1.29 is 5.11 Å². The maximum atomic E-state index is 9.96. The third kappa shape index (κ3) is 2.70. The van der Waals surface area contributed by atoms with Gasteiger partial charge in [0.15, 0.2) is 0 Å². The van der Waals surface area contributed by atoms with Crippen molar-refractivity contribution in [1.82, 2.24) is 4.90 Å². The smallest absolute Gasteiger partial charge is 0.103 e. The summed E-state index contributed by atoms with van der Waals surface area (Å²) in [7, 11) is 0. The highest BCUT2D eigenvalue weighted by atomic mass is 16.3. The molecule has 0 bridgehead atoms. The Morgan fingerprint density at radius 3 is 2.88 bits per heavy atom. The van der Waals surface area contributed by atoms with E-state index in [2.05, 4.69) is 30.9 Å². The van der Waals surface area contributed by atoms with E-state index in [4.69, 9.17) is 5.26 Å². The first-order valence-corrected chi connectivity index (χ1v) is 6.52. The molecule has 2 atom stereocenters. The molecule has 1 N–H and O–H groups in total. The molecule has 0 aromatic heterocycles. The average Bonchev–Trinajstić information content (AvgIpc) is 2.21. The molecule has 1 heterocycles. The number of hydrogen-bond donors (Lipinski definition) is 1. The van der Waals surface area contributed by atoms with Crippen molar-refractivity contribution in [3.8, 4) is 6.07 Å². The zero-order chi connectivity index (χ0) is 12.5. The zero-order valence-electron chi connectivity index (χ0n) is 10.8. The van der Waals surface area contributed by atoms with Crippen LogP contribution in [0.4, 0.5) is 0 Å². The fourth-order valence-electron chi connectivity index (χ4n) is 3.15. The lowest BCUT2D eigenvalue weighted by atomic mass is 9.78. The molecule has 3 nitrogen and oxygen atoms in total. The van der Waals surface area contributed by atoms with Crippen molar-refractivity contribution in [2.24, 2.45) is 11.8 Å². The second kappa shape index (κ2) is 4.80. The molecule has 0 amide bonds. The number of likely N-dealkylation sites (tertiary alicyclic amines) is 1. The summed E-state index contributed by atoms with van der Waals surface area (Å²) < 4.78 is 0. The number of β-amino-alcohol motifs (C(OH)–C–C–N with tert-alkyl or cyclic N) is 1. The largest absolute Gasteiger partial charge is 0.386 e. The first-order chi connectivity index (χ1) is 8.04. The highest BCUT2D eigenvalue weighted by molar-refractivity contribution is 5.11. The fourth-order valence-corrected chi connectivity index (χ4v) is 3.15. The number of rotatable bonds is 3. The third-order valence-electron chi connectivity index (χ3n) is 4.26. The van der Waals surface area contributed by atoms with Crippen molar-refractivity contribution in [2.75, 3.05) is 19.6 Å². The van der Waals surface area contributed by atoms with Crippen LogP contribution in [0, 0.1) is 23.2 Å². The Balaban J connectivity index is 1.86. The van der Waals surface area contributed by atoms with Gasteiger partial charge in [-0.25, -0.2) is 0 Å². The number of nitriles is 1. The highest BCUT2D eigenvalue weighted by Crippen LogP contribution is 2.33. The molecule has 0 radical (unpaired) electrons. The van der Waals surface area contributed by atoms with Crippen LogP contribution in [-0.2, 0) is 0 Å². The molecule has 1 aliphatic heterocycles. The Kier molecular flexibility index (Phi) is 3.56. The van der Waals surface area contributed by atoms with Crippen LogP contribution in [0.15, 0.2) is 11.6 Å². The minimum Gasteiger partial charge on any atom is -0.386 e. The number of aliphatic hydroxyl groups is 1. The molecule has 0 aromatic rings. The molecule has 1 saturated heterocycles. The fraction of sp³-hybridized carbons (Fsp3) is 0.786. The normalized spacial score (nSPS) is 32.5. The molecule has 0 saturated carbocycles. The highest BCUT2D eigenvalue weighted by Gasteiger charge is 2.42. The second-order valence-electron chi connectivity index (χ2n) is 5.84. The minimum absolute atomic E-state index is 0.262. The van der Waals surface area contributed by atoms with Gasteiger partial charge < -0.3 is 5.11 Å². The minimum atomic E-state index is -0.732. The van der Waals surface area contributed by atoms with Gasteiger partial charge in [-0.3, -0.25) is 4.90 Å². The summed E-state index contributed by atoms with van der Waals surface area (Å²) in [4.78, 5) is 2.28. The first-order valence-electron chi connectivity index (χ1n) is 6.52. The molecule has 0 aromatic carbocycles. The maximum Gasteiger partial charge on any atom is 0.103 e. The van der Waals surface area contributed by atoms with Gasteiger partial charge in [0.2, 0.25) is 0 Å². The molecule has 0 unspecified atom stereocenters. The Bertz CT molecular complexity index is 350. The molecule has 1 fully saturated rings. The van der Waals surface area contributed by atoms with Crippen molar-refractivity contribution in [3.05, 3.63) is 11.6 Å². The van der Waals surface area contributed by atoms with Crippen LogP contribution < -0.4 is 0 Å². The predicted octanol–water partition coefficient (Wildman–Crippen LogP) is 1.94. The van der Waals surface area contributed by atoms with Crippen LogP contribution in [0.1, 0.15) is 33.1 Å². The zero-order valence-corrected chi connectivity index (χ0v) is 10.8. The lowest BCUT2D eigenvalue weighted by molar-refractivity contribution is -0.0992. The van der Waals surface area contributed by atoms with Crippen molar-refractivity contribution in [1.29, 1.82) is 5.26 Å². The monoisotopic (exact) mass is 234 g/mol. The molecule has 1 aliphatic carbocycles. The van der Waals surface area contributed by atoms with Crippen LogP contribution >= 0.6 is 0 Å². The Labute approximate surface area is 104 Å². The van der Waals surface area contributed by atoms with Gasteiger partial charge in [-0.15, -0.1) is 0 Å². The summed E-state index contributed by atoms with van der Waals surface area (Å²) in [5, 5.41) is 18.6. The molecule has 2 rings (SSSR count). The van der Waals surface area contributed by atoms with Gasteiger partial charge in [-0.05, 0) is 31.6 Å². The molecule has 2 aliphatic rings. The topological polar surface area (TPSA) is 47.3 Å². The van der Waals surface area contributed by atoms with E-state index in [9.17, 15) is 5.11 Å². The van der Waals surface area contributed by atoms with Crippen molar-refractivity contribution in [2.45, 2.75) is 38.7 Å². The Morgan fingerprint density at radius 1 is 1.59 bits per heavy atom. The molecule has 3 heteroatoms. The average molecular weight is 234 g/mol. The van der Waals surface area contributed by atoms with E-state index in [1.807, 2.05) is 0 Å². The summed E-state index contributed by atoms with van der Waals surface area (Å²) in [6, 6.07) is 2.06. The van der Waals surface area contributed by atoms with E-state index in [1.54, 1.807) is 0 Å². The van der Waals surface area contributed by atoms with E-state index >= 15 is 0 Å². The van der Waals surface area contributed by atoms with Crippen LogP contribution in [0.3, 0.4) is 0 Å². The maximum absolute atomic E-state index is 9.96. The van der Waals surface area contributed by atoms with Gasteiger partial charge in [0.25, 0.3) is 0 Å². The van der Waals surface area contributed by atoms with Gasteiger partial charge in [-0.1, -0.05) is 18.6 Å². The molecular formula is C14H22N2O. The van der Waals surface area contributed by atoms with E-state index < -0.39 is 5.60 Å².